The number of piperidine rings is 1. The molecule has 0 aromatic rings. The minimum absolute atomic E-state index is 0.509. The fraction of sp³-hybridized carbons (Fsp3) is 0.857. The Hall–Kier alpha value is -0.303. The van der Waals surface area contributed by atoms with Crippen LogP contribution in [-0.4, -0.2) is 42.8 Å². The van der Waals surface area contributed by atoms with Crippen molar-refractivity contribution in [3.05, 3.63) is 0 Å². The summed E-state index contributed by atoms with van der Waals surface area (Å²) >= 11 is 0. The molecular weight excluding hydrogens is 226 g/mol. The molecule has 0 amide bonds. The van der Waals surface area contributed by atoms with Crippen LogP contribution in [0.3, 0.4) is 0 Å². The van der Waals surface area contributed by atoms with E-state index in [2.05, 4.69) is 43.1 Å². The number of hydrogen-bond donors (Lipinski definition) is 1. The number of nitrogens with zero attached hydrogens (tertiary/aromatic N) is 1. The molecule has 2 saturated heterocycles. The van der Waals surface area contributed by atoms with Gasteiger partial charge in [-0.25, -0.2) is 0 Å². The summed E-state index contributed by atoms with van der Waals surface area (Å²) in [5.41, 5.74) is 2.86. The summed E-state index contributed by atoms with van der Waals surface area (Å²) in [6.07, 6.45) is 5.02. The van der Waals surface area contributed by atoms with E-state index in [9.17, 15) is 5.11 Å². The van der Waals surface area contributed by atoms with E-state index < -0.39 is 13.7 Å². The van der Waals surface area contributed by atoms with Crippen LogP contribution in [0, 0.1) is 11.5 Å². The minimum atomic E-state index is -1.29. The number of aliphatic hydroxyl groups is 1. The molecule has 2 bridgehead atoms. The van der Waals surface area contributed by atoms with Gasteiger partial charge in [-0.1, -0.05) is 19.6 Å². The lowest BCUT2D eigenvalue weighted by atomic mass is 9.84. The van der Waals surface area contributed by atoms with Crippen LogP contribution in [0.25, 0.3) is 0 Å². The van der Waals surface area contributed by atoms with Crippen molar-refractivity contribution in [2.45, 2.75) is 69.4 Å². The van der Waals surface area contributed by atoms with Crippen molar-refractivity contribution < 1.29 is 5.11 Å². The number of fused-ring (bicyclic) bond motifs is 2. The second-order valence-corrected chi connectivity index (χ2v) is 11.7. The van der Waals surface area contributed by atoms with Crippen LogP contribution in [0.4, 0.5) is 0 Å². The predicted octanol–water partition coefficient (Wildman–Crippen LogP) is 2.25. The monoisotopic (exact) mass is 251 g/mol. The summed E-state index contributed by atoms with van der Waals surface area (Å²) in [6.45, 7) is 6.76. The van der Waals surface area contributed by atoms with Gasteiger partial charge in [0.15, 0.2) is 0 Å². The first-order chi connectivity index (χ1) is 7.79. The maximum absolute atomic E-state index is 10.7. The van der Waals surface area contributed by atoms with Gasteiger partial charge in [-0.2, -0.15) is 0 Å². The van der Waals surface area contributed by atoms with Gasteiger partial charge >= 0.3 is 0 Å². The summed E-state index contributed by atoms with van der Waals surface area (Å²) in [6, 6.07) is 1.18. The van der Waals surface area contributed by atoms with Gasteiger partial charge in [-0.15, -0.1) is 11.5 Å². The average Bonchev–Trinajstić information content (AvgIpc) is 2.43. The molecule has 0 saturated carbocycles. The van der Waals surface area contributed by atoms with Gasteiger partial charge in [0.2, 0.25) is 0 Å². The Morgan fingerprint density at radius 3 is 2.24 bits per heavy atom. The molecule has 2 rings (SSSR count). The first-order valence-corrected chi connectivity index (χ1v) is 10.2. The van der Waals surface area contributed by atoms with Crippen LogP contribution >= 0.6 is 0 Å². The zero-order valence-corrected chi connectivity index (χ0v) is 12.6. The first-order valence-electron chi connectivity index (χ1n) is 6.73. The van der Waals surface area contributed by atoms with Gasteiger partial charge in [0.25, 0.3) is 0 Å². The predicted molar refractivity (Wildman–Crippen MR) is 74.5 cm³/mol. The topological polar surface area (TPSA) is 23.5 Å². The van der Waals surface area contributed by atoms with Crippen LogP contribution in [0.2, 0.25) is 19.6 Å². The van der Waals surface area contributed by atoms with Crippen molar-refractivity contribution in [3.63, 3.8) is 0 Å². The highest BCUT2D eigenvalue weighted by molar-refractivity contribution is 6.83. The third-order valence-electron chi connectivity index (χ3n) is 4.10. The first kappa shape index (κ1) is 13.1. The van der Waals surface area contributed by atoms with E-state index in [1.54, 1.807) is 0 Å². The molecular formula is C14H25NOSi. The summed E-state index contributed by atoms with van der Waals surface area (Å²) in [4.78, 5) is 2.46. The van der Waals surface area contributed by atoms with Crippen LogP contribution in [-0.2, 0) is 0 Å². The molecule has 3 heteroatoms. The van der Waals surface area contributed by atoms with Gasteiger partial charge in [0.05, 0.1) is 5.60 Å². The molecule has 2 unspecified atom stereocenters. The summed E-state index contributed by atoms with van der Waals surface area (Å²) in [5, 5.41) is 10.7. The van der Waals surface area contributed by atoms with Gasteiger partial charge in [0.1, 0.15) is 8.07 Å². The van der Waals surface area contributed by atoms with Crippen molar-refractivity contribution in [1.82, 2.24) is 4.90 Å². The van der Waals surface area contributed by atoms with Crippen molar-refractivity contribution in [3.8, 4) is 11.5 Å². The lowest BCUT2D eigenvalue weighted by Gasteiger charge is -2.41. The Kier molecular flexibility index (Phi) is 3.42. The molecule has 2 aliphatic heterocycles. The molecule has 0 aromatic carbocycles. The Morgan fingerprint density at radius 1 is 1.24 bits per heavy atom. The largest absolute Gasteiger partial charge is 0.389 e. The molecule has 2 heterocycles. The highest BCUT2D eigenvalue weighted by atomic mass is 28.3. The molecule has 0 radical (unpaired) electrons. The quantitative estimate of drug-likeness (QED) is 0.571. The molecule has 0 aromatic heterocycles. The second-order valence-electron chi connectivity index (χ2n) is 6.91. The third-order valence-corrected chi connectivity index (χ3v) is 5.02. The van der Waals surface area contributed by atoms with Gasteiger partial charge in [-0.05, 0) is 32.7 Å². The van der Waals surface area contributed by atoms with Crippen LogP contribution in [0.1, 0.15) is 32.1 Å². The SMILES string of the molecule is CN1C2CCC1CC(O)(CC#C[Si](C)(C)C)C2. The van der Waals surface area contributed by atoms with Gasteiger partial charge in [0, 0.05) is 18.5 Å². The maximum Gasteiger partial charge on any atom is 0.129 e. The van der Waals surface area contributed by atoms with Crippen molar-refractivity contribution >= 4 is 8.07 Å². The molecule has 1 N–H and O–H groups in total. The van der Waals surface area contributed by atoms with E-state index in [4.69, 9.17) is 0 Å². The van der Waals surface area contributed by atoms with Crippen molar-refractivity contribution in [2.75, 3.05) is 7.05 Å². The van der Waals surface area contributed by atoms with E-state index >= 15 is 0 Å². The second kappa shape index (κ2) is 4.42. The van der Waals surface area contributed by atoms with E-state index in [1.165, 1.54) is 12.8 Å². The summed E-state index contributed by atoms with van der Waals surface area (Å²) < 4.78 is 0. The van der Waals surface area contributed by atoms with Crippen LogP contribution in [0.15, 0.2) is 0 Å². The minimum Gasteiger partial charge on any atom is -0.389 e. The van der Waals surface area contributed by atoms with E-state index in [0.29, 0.717) is 18.5 Å². The Bertz CT molecular complexity index is 335. The Morgan fingerprint density at radius 2 is 1.76 bits per heavy atom. The van der Waals surface area contributed by atoms with Crippen LogP contribution < -0.4 is 0 Å². The van der Waals surface area contributed by atoms with Gasteiger partial charge in [-0.3, -0.25) is 0 Å². The maximum atomic E-state index is 10.7. The fourth-order valence-electron chi connectivity index (χ4n) is 3.16. The zero-order chi connectivity index (χ0) is 12.7. The molecule has 2 aliphatic rings. The lowest BCUT2D eigenvalue weighted by molar-refractivity contribution is -0.0403. The highest BCUT2D eigenvalue weighted by Gasteiger charge is 2.45. The molecule has 96 valence electrons. The standard InChI is InChI=1S/C14H25NOSi/c1-15-12-6-7-13(15)11-14(16,10-12)8-5-9-17(2,3)4/h12-13,16H,6-8,10-11H2,1-4H3. The van der Waals surface area contributed by atoms with E-state index in [0.717, 1.165) is 12.8 Å². The van der Waals surface area contributed by atoms with Crippen molar-refractivity contribution in [2.24, 2.45) is 0 Å². The molecule has 2 fully saturated rings. The smallest absolute Gasteiger partial charge is 0.129 e. The molecule has 17 heavy (non-hydrogen) atoms. The fourth-order valence-corrected chi connectivity index (χ4v) is 3.78. The number of hydrogen-bond acceptors (Lipinski definition) is 2. The lowest BCUT2D eigenvalue weighted by Crippen LogP contribution is -2.49. The van der Waals surface area contributed by atoms with Gasteiger partial charge < -0.3 is 10.0 Å². The van der Waals surface area contributed by atoms with E-state index in [-0.39, 0.29) is 0 Å². The molecule has 2 nitrogen and oxygen atoms in total. The number of rotatable bonds is 1. The molecule has 0 spiro atoms. The molecule has 0 aliphatic carbocycles. The molecule has 2 atom stereocenters. The van der Waals surface area contributed by atoms with E-state index in [1.807, 2.05) is 0 Å². The summed E-state index contributed by atoms with van der Waals surface area (Å²) in [5.74, 6) is 3.26. The Labute approximate surface area is 106 Å². The summed E-state index contributed by atoms with van der Waals surface area (Å²) in [7, 11) is 0.915. The third kappa shape index (κ3) is 3.13. The average molecular weight is 251 g/mol. The zero-order valence-electron chi connectivity index (χ0n) is 11.6. The van der Waals surface area contributed by atoms with Crippen LogP contribution in [0.5, 0.6) is 0 Å². The highest BCUT2D eigenvalue weighted by Crippen LogP contribution is 2.40. The Balaban J connectivity index is 1.99. The van der Waals surface area contributed by atoms with Crippen molar-refractivity contribution in [1.29, 1.82) is 0 Å². The normalized spacial score (nSPS) is 37.7.